The van der Waals surface area contributed by atoms with E-state index >= 15 is 0 Å². The van der Waals surface area contributed by atoms with Crippen LogP contribution in [0, 0.1) is 5.41 Å². The van der Waals surface area contributed by atoms with Gasteiger partial charge in [0.1, 0.15) is 0 Å². The third kappa shape index (κ3) is 2.81. The molecule has 1 aromatic rings. The van der Waals surface area contributed by atoms with Gasteiger partial charge in [-0.2, -0.15) is 0 Å². The van der Waals surface area contributed by atoms with Crippen LogP contribution in [-0.2, 0) is 6.54 Å². The van der Waals surface area contributed by atoms with Crippen molar-refractivity contribution in [1.29, 1.82) is 0 Å². The largest absolute Gasteiger partial charge is 0.314 e. The molecule has 0 aliphatic carbocycles. The molecule has 0 radical (unpaired) electrons. The van der Waals surface area contributed by atoms with Gasteiger partial charge in [0.25, 0.3) is 0 Å². The van der Waals surface area contributed by atoms with Crippen molar-refractivity contribution in [3.8, 4) is 0 Å². The zero-order valence-electron chi connectivity index (χ0n) is 10.4. The maximum absolute atomic E-state index is 4.15. The molecule has 0 amide bonds. The predicted octanol–water partition coefficient (Wildman–Crippen LogP) is 1.96. The Balaban J connectivity index is 2.05. The van der Waals surface area contributed by atoms with Crippen molar-refractivity contribution in [2.75, 3.05) is 19.6 Å². The van der Waals surface area contributed by atoms with E-state index in [9.17, 15) is 0 Å². The number of piperazine rings is 1. The Labute approximate surface area is 102 Å². The standard InChI is InChI=1S/C12H21N3S/c1-12(2,3)11-7-13-4-5-15(11)8-10-6-14-9-16-10/h6,9,11,13H,4-5,7-8H2,1-3H3. The summed E-state index contributed by atoms with van der Waals surface area (Å²) < 4.78 is 0. The summed E-state index contributed by atoms with van der Waals surface area (Å²) in [6.07, 6.45) is 1.99. The van der Waals surface area contributed by atoms with Crippen molar-refractivity contribution in [1.82, 2.24) is 15.2 Å². The summed E-state index contributed by atoms with van der Waals surface area (Å²) in [4.78, 5) is 8.11. The third-order valence-corrected chi connectivity index (χ3v) is 3.96. The molecule has 1 saturated heterocycles. The molecule has 0 saturated carbocycles. The summed E-state index contributed by atoms with van der Waals surface area (Å²) in [5.74, 6) is 0. The minimum atomic E-state index is 0.331. The number of nitrogens with one attached hydrogen (secondary N) is 1. The molecular weight excluding hydrogens is 218 g/mol. The number of rotatable bonds is 2. The highest BCUT2D eigenvalue weighted by Gasteiger charge is 2.32. The van der Waals surface area contributed by atoms with Crippen molar-refractivity contribution in [2.45, 2.75) is 33.4 Å². The Morgan fingerprint density at radius 3 is 3.00 bits per heavy atom. The number of aromatic nitrogens is 1. The highest BCUT2D eigenvalue weighted by molar-refractivity contribution is 7.09. The molecule has 90 valence electrons. The molecule has 0 aromatic carbocycles. The zero-order chi connectivity index (χ0) is 11.6. The van der Waals surface area contributed by atoms with Crippen LogP contribution in [0.15, 0.2) is 11.7 Å². The van der Waals surface area contributed by atoms with Gasteiger partial charge in [0.15, 0.2) is 0 Å². The van der Waals surface area contributed by atoms with Crippen LogP contribution in [0.25, 0.3) is 0 Å². The van der Waals surface area contributed by atoms with Crippen LogP contribution in [0.2, 0.25) is 0 Å². The molecule has 1 aliphatic rings. The van der Waals surface area contributed by atoms with Crippen molar-refractivity contribution in [3.63, 3.8) is 0 Å². The molecule has 1 unspecified atom stereocenters. The van der Waals surface area contributed by atoms with E-state index in [1.54, 1.807) is 11.3 Å². The predicted molar refractivity (Wildman–Crippen MR) is 68.6 cm³/mol. The first-order chi connectivity index (χ1) is 7.57. The molecule has 4 heteroatoms. The Morgan fingerprint density at radius 2 is 2.38 bits per heavy atom. The molecule has 0 bridgehead atoms. The highest BCUT2D eigenvalue weighted by Crippen LogP contribution is 2.27. The summed E-state index contributed by atoms with van der Waals surface area (Å²) in [6, 6.07) is 0.614. The van der Waals surface area contributed by atoms with Crippen LogP contribution in [0.3, 0.4) is 0 Å². The summed E-state index contributed by atoms with van der Waals surface area (Å²) in [7, 11) is 0. The fraction of sp³-hybridized carbons (Fsp3) is 0.750. The van der Waals surface area contributed by atoms with Crippen LogP contribution < -0.4 is 5.32 Å². The van der Waals surface area contributed by atoms with E-state index in [-0.39, 0.29) is 0 Å². The SMILES string of the molecule is CC(C)(C)C1CNCCN1Cc1cncs1. The molecule has 1 fully saturated rings. The van der Waals surface area contributed by atoms with Crippen LogP contribution in [0.5, 0.6) is 0 Å². The molecule has 2 heterocycles. The van der Waals surface area contributed by atoms with E-state index in [4.69, 9.17) is 0 Å². The first-order valence-electron chi connectivity index (χ1n) is 5.89. The monoisotopic (exact) mass is 239 g/mol. The molecule has 3 nitrogen and oxygen atoms in total. The lowest BCUT2D eigenvalue weighted by Gasteiger charge is -2.43. The Kier molecular flexibility index (Phi) is 3.62. The average molecular weight is 239 g/mol. The molecular formula is C12H21N3S. The van der Waals surface area contributed by atoms with Crippen LogP contribution >= 0.6 is 11.3 Å². The van der Waals surface area contributed by atoms with Crippen LogP contribution in [0.4, 0.5) is 0 Å². The van der Waals surface area contributed by atoms with Crippen molar-refractivity contribution in [3.05, 3.63) is 16.6 Å². The summed E-state index contributed by atoms with van der Waals surface area (Å²) >= 11 is 1.76. The van der Waals surface area contributed by atoms with E-state index in [0.717, 1.165) is 26.2 Å². The lowest BCUT2D eigenvalue weighted by molar-refractivity contribution is 0.0697. The fourth-order valence-corrected chi connectivity index (χ4v) is 2.93. The van der Waals surface area contributed by atoms with Gasteiger partial charge in [0.2, 0.25) is 0 Å². The Morgan fingerprint density at radius 1 is 1.56 bits per heavy atom. The van der Waals surface area contributed by atoms with E-state index in [2.05, 4.69) is 36.0 Å². The van der Waals surface area contributed by atoms with Gasteiger partial charge in [-0.3, -0.25) is 9.88 Å². The van der Waals surface area contributed by atoms with E-state index in [0.29, 0.717) is 11.5 Å². The quantitative estimate of drug-likeness (QED) is 0.855. The van der Waals surface area contributed by atoms with Gasteiger partial charge >= 0.3 is 0 Å². The smallest absolute Gasteiger partial charge is 0.0794 e. The fourth-order valence-electron chi connectivity index (χ4n) is 2.31. The van der Waals surface area contributed by atoms with E-state index < -0.39 is 0 Å². The molecule has 0 spiro atoms. The average Bonchev–Trinajstić information content (AvgIpc) is 2.70. The molecule has 2 rings (SSSR count). The van der Waals surface area contributed by atoms with Crippen LogP contribution in [-0.4, -0.2) is 35.6 Å². The number of hydrogen-bond acceptors (Lipinski definition) is 4. The van der Waals surface area contributed by atoms with Crippen LogP contribution in [0.1, 0.15) is 25.6 Å². The Hall–Kier alpha value is -0.450. The zero-order valence-corrected chi connectivity index (χ0v) is 11.2. The second-order valence-corrected chi connectivity index (χ2v) is 6.50. The van der Waals surface area contributed by atoms with Gasteiger partial charge < -0.3 is 5.32 Å². The summed E-state index contributed by atoms with van der Waals surface area (Å²) in [6.45, 7) is 11.4. The normalized spacial score (nSPS) is 23.6. The van der Waals surface area contributed by atoms with Gasteiger partial charge in [-0.1, -0.05) is 20.8 Å². The lowest BCUT2D eigenvalue weighted by atomic mass is 9.84. The van der Waals surface area contributed by atoms with E-state index in [1.165, 1.54) is 4.88 Å². The summed E-state index contributed by atoms with van der Waals surface area (Å²) in [5.41, 5.74) is 2.25. The van der Waals surface area contributed by atoms with Gasteiger partial charge in [-0.25, -0.2) is 0 Å². The maximum Gasteiger partial charge on any atom is 0.0794 e. The first-order valence-corrected chi connectivity index (χ1v) is 6.77. The van der Waals surface area contributed by atoms with Gasteiger partial charge in [-0.05, 0) is 5.41 Å². The molecule has 1 atom stereocenters. The van der Waals surface area contributed by atoms with E-state index in [1.807, 2.05) is 11.7 Å². The topological polar surface area (TPSA) is 28.2 Å². The minimum absolute atomic E-state index is 0.331. The summed E-state index contributed by atoms with van der Waals surface area (Å²) in [5, 5.41) is 3.50. The maximum atomic E-state index is 4.15. The number of thiazole rings is 1. The van der Waals surface area contributed by atoms with Crippen molar-refractivity contribution in [2.24, 2.45) is 5.41 Å². The molecule has 1 aliphatic heterocycles. The minimum Gasteiger partial charge on any atom is -0.314 e. The first kappa shape index (κ1) is 12.0. The van der Waals surface area contributed by atoms with Gasteiger partial charge in [-0.15, -0.1) is 11.3 Å². The molecule has 1 aromatic heterocycles. The second-order valence-electron chi connectivity index (χ2n) is 5.52. The second kappa shape index (κ2) is 4.82. The van der Waals surface area contributed by atoms with Crippen molar-refractivity contribution < 1.29 is 0 Å². The van der Waals surface area contributed by atoms with Gasteiger partial charge in [0.05, 0.1) is 5.51 Å². The number of hydrogen-bond donors (Lipinski definition) is 1. The van der Waals surface area contributed by atoms with Crippen molar-refractivity contribution >= 4 is 11.3 Å². The highest BCUT2D eigenvalue weighted by atomic mass is 32.1. The molecule has 16 heavy (non-hydrogen) atoms. The number of nitrogens with zero attached hydrogens (tertiary/aromatic N) is 2. The third-order valence-electron chi connectivity index (χ3n) is 3.20. The molecule has 1 N–H and O–H groups in total. The van der Waals surface area contributed by atoms with Gasteiger partial charge in [0, 0.05) is 43.3 Å². The Bertz CT molecular complexity index is 316. The lowest BCUT2D eigenvalue weighted by Crippen LogP contribution is -2.56.